The third-order valence-electron chi connectivity index (χ3n) is 3.08. The maximum atomic E-state index is 11.5. The Hall–Kier alpha value is -1.65. The molecule has 1 heterocycles. The molecule has 0 aliphatic rings. The highest BCUT2D eigenvalue weighted by atomic mass is 35.5. The van der Waals surface area contributed by atoms with Gasteiger partial charge in [0, 0.05) is 5.02 Å². The van der Waals surface area contributed by atoms with Crippen LogP contribution in [0.15, 0.2) is 22.6 Å². The van der Waals surface area contributed by atoms with E-state index < -0.39 is 5.97 Å². The molecule has 1 N–H and O–H groups in total. The number of benzene rings is 1. The van der Waals surface area contributed by atoms with Crippen LogP contribution >= 0.6 is 23.2 Å². The summed E-state index contributed by atoms with van der Waals surface area (Å²) in [5.41, 5.74) is 2.04. The highest BCUT2D eigenvalue weighted by molar-refractivity contribution is 6.35. The molecular formula is C15H15Cl2NO3. The molecule has 4 nitrogen and oxygen atoms in total. The van der Waals surface area contributed by atoms with E-state index in [4.69, 9.17) is 27.6 Å². The molecule has 6 heteroatoms. The fourth-order valence-electron chi connectivity index (χ4n) is 1.91. The minimum Gasteiger partial charge on any atom is -0.465 e. The Morgan fingerprint density at radius 1 is 1.24 bits per heavy atom. The Balaban J connectivity index is 2.14. The van der Waals surface area contributed by atoms with E-state index in [1.165, 1.54) is 7.11 Å². The van der Waals surface area contributed by atoms with E-state index in [0.717, 1.165) is 5.56 Å². The first-order valence-corrected chi connectivity index (χ1v) is 7.05. The van der Waals surface area contributed by atoms with Gasteiger partial charge in [0.25, 0.3) is 0 Å². The molecule has 0 saturated carbocycles. The molecule has 2 rings (SSSR count). The molecular weight excluding hydrogens is 313 g/mol. The molecule has 0 fully saturated rings. The number of carbonyl (C=O) groups is 1. The molecule has 0 radical (unpaired) electrons. The number of anilines is 1. The van der Waals surface area contributed by atoms with Gasteiger partial charge in [-0.2, -0.15) is 0 Å². The lowest BCUT2D eigenvalue weighted by Gasteiger charge is -2.09. The van der Waals surface area contributed by atoms with Crippen LogP contribution in [0.4, 0.5) is 5.69 Å². The van der Waals surface area contributed by atoms with Crippen molar-refractivity contribution in [3.05, 3.63) is 50.9 Å². The second kappa shape index (κ2) is 6.41. The molecule has 0 bridgehead atoms. The number of aryl methyl sites for hydroxylation is 2. The van der Waals surface area contributed by atoms with Gasteiger partial charge in [0.05, 0.1) is 24.4 Å². The molecule has 0 aliphatic carbocycles. The van der Waals surface area contributed by atoms with Crippen LogP contribution in [0.2, 0.25) is 10.0 Å². The summed E-state index contributed by atoms with van der Waals surface area (Å²) in [6.45, 7) is 3.99. The number of furan rings is 1. The van der Waals surface area contributed by atoms with E-state index in [1.54, 1.807) is 25.1 Å². The predicted molar refractivity (Wildman–Crippen MR) is 83.3 cm³/mol. The van der Waals surface area contributed by atoms with Crippen LogP contribution in [0, 0.1) is 13.8 Å². The zero-order chi connectivity index (χ0) is 15.6. The van der Waals surface area contributed by atoms with E-state index in [-0.39, 0.29) is 0 Å². The number of hydrogen-bond acceptors (Lipinski definition) is 4. The Kier molecular flexibility index (Phi) is 4.80. The van der Waals surface area contributed by atoms with Gasteiger partial charge in [-0.25, -0.2) is 4.79 Å². The van der Waals surface area contributed by atoms with Crippen LogP contribution in [0.1, 0.15) is 27.4 Å². The van der Waals surface area contributed by atoms with E-state index >= 15 is 0 Å². The standard InChI is InChI=1S/C15H15Cl2NO3/c1-8-4-13(17)14(6-12(8)16)18-7-10-5-11(9(2)21-10)15(19)20-3/h4-6,18H,7H2,1-3H3. The van der Waals surface area contributed by atoms with Gasteiger partial charge >= 0.3 is 5.97 Å². The molecule has 2 aromatic rings. The van der Waals surface area contributed by atoms with Gasteiger partial charge in [-0.15, -0.1) is 0 Å². The molecule has 0 amide bonds. The lowest BCUT2D eigenvalue weighted by Crippen LogP contribution is -2.01. The number of hydrogen-bond donors (Lipinski definition) is 1. The Morgan fingerprint density at radius 2 is 1.95 bits per heavy atom. The van der Waals surface area contributed by atoms with Crippen molar-refractivity contribution >= 4 is 34.9 Å². The van der Waals surface area contributed by atoms with Crippen molar-refractivity contribution in [1.82, 2.24) is 0 Å². The van der Waals surface area contributed by atoms with Crippen molar-refractivity contribution in [3.63, 3.8) is 0 Å². The van der Waals surface area contributed by atoms with Crippen LogP contribution in [0.3, 0.4) is 0 Å². The van der Waals surface area contributed by atoms with Crippen molar-refractivity contribution in [3.8, 4) is 0 Å². The van der Waals surface area contributed by atoms with Crippen molar-refractivity contribution in [1.29, 1.82) is 0 Å². The van der Waals surface area contributed by atoms with Gasteiger partial charge in [0.15, 0.2) is 0 Å². The number of esters is 1. The van der Waals surface area contributed by atoms with Crippen molar-refractivity contribution in [2.24, 2.45) is 0 Å². The zero-order valence-electron chi connectivity index (χ0n) is 11.9. The summed E-state index contributed by atoms with van der Waals surface area (Å²) in [5.74, 6) is 0.714. The van der Waals surface area contributed by atoms with Crippen molar-refractivity contribution in [2.75, 3.05) is 12.4 Å². The fraction of sp³-hybridized carbons (Fsp3) is 0.267. The number of carbonyl (C=O) groups excluding carboxylic acids is 1. The Bertz CT molecular complexity index is 680. The average molecular weight is 328 g/mol. The molecule has 0 unspecified atom stereocenters. The second-order valence-corrected chi connectivity index (χ2v) is 5.42. The van der Waals surface area contributed by atoms with E-state index in [1.807, 2.05) is 6.92 Å². The lowest BCUT2D eigenvalue weighted by molar-refractivity contribution is 0.0599. The third kappa shape index (κ3) is 3.52. The number of methoxy groups -OCH3 is 1. The van der Waals surface area contributed by atoms with Crippen LogP contribution in [0.5, 0.6) is 0 Å². The van der Waals surface area contributed by atoms with Gasteiger partial charge in [0.1, 0.15) is 17.1 Å². The average Bonchev–Trinajstić information content (AvgIpc) is 2.81. The van der Waals surface area contributed by atoms with Gasteiger partial charge in [-0.05, 0) is 37.6 Å². The van der Waals surface area contributed by atoms with Gasteiger partial charge in [-0.1, -0.05) is 23.2 Å². The first-order valence-electron chi connectivity index (χ1n) is 6.29. The number of nitrogens with one attached hydrogen (secondary N) is 1. The maximum Gasteiger partial charge on any atom is 0.341 e. The molecule has 0 atom stereocenters. The molecule has 0 saturated heterocycles. The normalized spacial score (nSPS) is 10.5. The van der Waals surface area contributed by atoms with Crippen molar-refractivity contribution < 1.29 is 13.9 Å². The minimum atomic E-state index is -0.418. The van der Waals surface area contributed by atoms with Crippen LogP contribution in [-0.2, 0) is 11.3 Å². The fourth-order valence-corrected chi connectivity index (χ4v) is 2.36. The van der Waals surface area contributed by atoms with Crippen molar-refractivity contribution in [2.45, 2.75) is 20.4 Å². The quantitative estimate of drug-likeness (QED) is 0.833. The Labute approximate surface area is 133 Å². The highest BCUT2D eigenvalue weighted by Gasteiger charge is 2.15. The molecule has 1 aromatic heterocycles. The Morgan fingerprint density at radius 3 is 2.62 bits per heavy atom. The summed E-state index contributed by atoms with van der Waals surface area (Å²) in [6, 6.07) is 5.20. The summed E-state index contributed by atoms with van der Waals surface area (Å²) >= 11 is 12.2. The number of halogens is 2. The van der Waals surface area contributed by atoms with Gasteiger partial charge in [0.2, 0.25) is 0 Å². The monoisotopic (exact) mass is 327 g/mol. The topological polar surface area (TPSA) is 51.5 Å². The molecule has 0 aliphatic heterocycles. The third-order valence-corrected chi connectivity index (χ3v) is 3.80. The minimum absolute atomic E-state index is 0.386. The van der Waals surface area contributed by atoms with E-state index in [0.29, 0.717) is 39.4 Å². The largest absolute Gasteiger partial charge is 0.465 e. The van der Waals surface area contributed by atoms with Crippen LogP contribution in [-0.4, -0.2) is 13.1 Å². The number of rotatable bonds is 4. The second-order valence-electron chi connectivity index (χ2n) is 4.61. The first-order chi connectivity index (χ1) is 9.92. The summed E-state index contributed by atoms with van der Waals surface area (Å²) in [4.78, 5) is 11.5. The SMILES string of the molecule is COC(=O)c1cc(CNc2cc(Cl)c(C)cc2Cl)oc1C. The predicted octanol–water partition coefficient (Wildman–Crippen LogP) is 4.60. The summed E-state index contributed by atoms with van der Waals surface area (Å²) in [5, 5.41) is 4.34. The van der Waals surface area contributed by atoms with Gasteiger partial charge in [-0.3, -0.25) is 0 Å². The zero-order valence-corrected chi connectivity index (χ0v) is 13.4. The summed E-state index contributed by atoms with van der Waals surface area (Å²) in [6.07, 6.45) is 0. The molecule has 112 valence electrons. The highest BCUT2D eigenvalue weighted by Crippen LogP contribution is 2.29. The maximum absolute atomic E-state index is 11.5. The summed E-state index contributed by atoms with van der Waals surface area (Å²) < 4.78 is 10.2. The van der Waals surface area contributed by atoms with Crippen LogP contribution in [0.25, 0.3) is 0 Å². The molecule has 0 spiro atoms. The smallest absolute Gasteiger partial charge is 0.341 e. The van der Waals surface area contributed by atoms with E-state index in [2.05, 4.69) is 10.1 Å². The first kappa shape index (κ1) is 15.7. The lowest BCUT2D eigenvalue weighted by atomic mass is 10.2. The molecule has 1 aromatic carbocycles. The molecule has 21 heavy (non-hydrogen) atoms. The van der Waals surface area contributed by atoms with Gasteiger partial charge < -0.3 is 14.5 Å². The van der Waals surface area contributed by atoms with E-state index in [9.17, 15) is 4.79 Å². The summed E-state index contributed by atoms with van der Waals surface area (Å²) in [7, 11) is 1.33. The number of ether oxygens (including phenoxy) is 1. The van der Waals surface area contributed by atoms with Crippen LogP contribution < -0.4 is 5.32 Å².